The molecule has 0 spiro atoms. The van der Waals surface area contributed by atoms with Crippen LogP contribution in [0.3, 0.4) is 0 Å². The van der Waals surface area contributed by atoms with E-state index in [9.17, 15) is 14.3 Å². The van der Waals surface area contributed by atoms with Crippen LogP contribution in [0.1, 0.15) is 16.8 Å². The van der Waals surface area contributed by atoms with Crippen molar-refractivity contribution in [2.75, 3.05) is 44.8 Å². The van der Waals surface area contributed by atoms with Gasteiger partial charge in [0.15, 0.2) is 0 Å². The molecule has 1 aliphatic rings. The molecule has 0 bridgehead atoms. The summed E-state index contributed by atoms with van der Waals surface area (Å²) in [6.45, 7) is 4.84. The molecule has 8 heteroatoms. The third-order valence-corrected chi connectivity index (χ3v) is 4.67. The number of nitrogens with one attached hydrogen (secondary N) is 1. The first-order valence-corrected chi connectivity index (χ1v) is 9.43. The summed E-state index contributed by atoms with van der Waals surface area (Å²) in [5.41, 5.74) is 0.417. The van der Waals surface area contributed by atoms with E-state index in [1.54, 1.807) is 6.07 Å². The standard InChI is InChI=1S/C20H22ClFN2O4/c21-17-12-14(2-5-18(17)22)23-20(26)16-4-3-15(13-19(16)25)28-9-1-6-24-7-10-27-11-8-24/h2-5,12-13,25H,1,6-11H2,(H,23,26). The number of halogens is 2. The molecule has 0 radical (unpaired) electrons. The molecule has 0 aliphatic carbocycles. The van der Waals surface area contributed by atoms with Crippen molar-refractivity contribution in [2.24, 2.45) is 0 Å². The van der Waals surface area contributed by atoms with Gasteiger partial charge in [-0.2, -0.15) is 0 Å². The highest BCUT2D eigenvalue weighted by Gasteiger charge is 2.14. The van der Waals surface area contributed by atoms with Gasteiger partial charge in [0.25, 0.3) is 5.91 Å². The van der Waals surface area contributed by atoms with E-state index in [4.69, 9.17) is 21.1 Å². The average Bonchev–Trinajstić information content (AvgIpc) is 2.69. The minimum Gasteiger partial charge on any atom is -0.507 e. The van der Waals surface area contributed by atoms with Gasteiger partial charge in [0, 0.05) is 31.4 Å². The Bertz CT molecular complexity index is 828. The van der Waals surface area contributed by atoms with Crippen LogP contribution in [0.25, 0.3) is 0 Å². The molecule has 1 amide bonds. The molecule has 3 rings (SSSR count). The summed E-state index contributed by atoms with van der Waals surface area (Å²) in [6, 6.07) is 8.36. The van der Waals surface area contributed by atoms with Crippen molar-refractivity contribution in [3.63, 3.8) is 0 Å². The monoisotopic (exact) mass is 408 g/mol. The van der Waals surface area contributed by atoms with E-state index < -0.39 is 11.7 Å². The number of ether oxygens (including phenoxy) is 2. The Morgan fingerprint density at radius 3 is 2.75 bits per heavy atom. The van der Waals surface area contributed by atoms with Crippen LogP contribution in [-0.2, 0) is 4.74 Å². The number of phenolic OH excluding ortho intramolecular Hbond substituents is 1. The first kappa shape index (κ1) is 20.4. The second-order valence-electron chi connectivity index (χ2n) is 6.42. The summed E-state index contributed by atoms with van der Waals surface area (Å²) in [5.74, 6) is -0.811. The quantitative estimate of drug-likeness (QED) is 0.686. The van der Waals surface area contributed by atoms with Gasteiger partial charge in [-0.15, -0.1) is 0 Å². The second-order valence-corrected chi connectivity index (χ2v) is 6.83. The van der Waals surface area contributed by atoms with Crippen LogP contribution in [0.5, 0.6) is 11.5 Å². The number of phenols is 1. The van der Waals surface area contributed by atoms with Crippen molar-refractivity contribution in [3.05, 3.63) is 52.8 Å². The Morgan fingerprint density at radius 2 is 2.04 bits per heavy atom. The van der Waals surface area contributed by atoms with Gasteiger partial charge in [-0.3, -0.25) is 9.69 Å². The van der Waals surface area contributed by atoms with E-state index >= 15 is 0 Å². The molecular formula is C20H22ClFN2O4. The molecule has 2 aromatic rings. The maximum absolute atomic E-state index is 13.2. The van der Waals surface area contributed by atoms with Crippen molar-refractivity contribution < 1.29 is 23.8 Å². The van der Waals surface area contributed by atoms with Gasteiger partial charge in [-0.05, 0) is 36.8 Å². The summed E-state index contributed by atoms with van der Waals surface area (Å²) in [5, 5.41) is 12.6. The fraction of sp³-hybridized carbons (Fsp3) is 0.350. The van der Waals surface area contributed by atoms with Crippen molar-refractivity contribution in [3.8, 4) is 11.5 Å². The summed E-state index contributed by atoms with van der Waals surface area (Å²) in [6.07, 6.45) is 0.855. The van der Waals surface area contributed by atoms with Gasteiger partial charge in [0.2, 0.25) is 0 Å². The van der Waals surface area contributed by atoms with Crippen LogP contribution in [0.4, 0.5) is 10.1 Å². The molecule has 0 unspecified atom stereocenters. The lowest BCUT2D eigenvalue weighted by molar-refractivity contribution is 0.0358. The molecule has 2 aromatic carbocycles. The molecule has 28 heavy (non-hydrogen) atoms. The van der Waals surface area contributed by atoms with Crippen LogP contribution < -0.4 is 10.1 Å². The SMILES string of the molecule is O=C(Nc1ccc(F)c(Cl)c1)c1ccc(OCCCN2CCOCC2)cc1O. The smallest absolute Gasteiger partial charge is 0.259 e. The van der Waals surface area contributed by atoms with E-state index in [2.05, 4.69) is 10.2 Å². The average molecular weight is 409 g/mol. The lowest BCUT2D eigenvalue weighted by Crippen LogP contribution is -2.37. The van der Waals surface area contributed by atoms with Crippen LogP contribution in [0, 0.1) is 5.82 Å². The van der Waals surface area contributed by atoms with Crippen LogP contribution in [-0.4, -0.2) is 55.4 Å². The van der Waals surface area contributed by atoms with E-state index in [-0.39, 0.29) is 16.3 Å². The minimum absolute atomic E-state index is 0.0844. The molecule has 1 heterocycles. The third kappa shape index (κ3) is 5.58. The molecule has 0 aromatic heterocycles. The number of anilines is 1. The number of carbonyl (C=O) groups is 1. The van der Waals surface area contributed by atoms with Gasteiger partial charge in [-0.25, -0.2) is 4.39 Å². The molecule has 2 N–H and O–H groups in total. The second kappa shape index (κ2) is 9.73. The predicted molar refractivity (Wildman–Crippen MR) is 105 cm³/mol. The van der Waals surface area contributed by atoms with Gasteiger partial charge in [-0.1, -0.05) is 11.6 Å². The number of rotatable bonds is 7. The molecule has 0 saturated carbocycles. The molecular weight excluding hydrogens is 387 g/mol. The molecule has 1 saturated heterocycles. The van der Waals surface area contributed by atoms with Gasteiger partial charge in [0.05, 0.1) is 30.4 Å². The number of benzene rings is 2. The number of hydrogen-bond donors (Lipinski definition) is 2. The van der Waals surface area contributed by atoms with Crippen LogP contribution in [0.2, 0.25) is 5.02 Å². The Balaban J connectivity index is 1.51. The number of morpholine rings is 1. The molecule has 0 atom stereocenters. The zero-order valence-electron chi connectivity index (χ0n) is 15.3. The Morgan fingerprint density at radius 1 is 1.25 bits per heavy atom. The number of carbonyl (C=O) groups excluding carboxylic acids is 1. The fourth-order valence-electron chi connectivity index (χ4n) is 2.87. The summed E-state index contributed by atoms with van der Waals surface area (Å²) in [7, 11) is 0. The highest BCUT2D eigenvalue weighted by atomic mass is 35.5. The summed E-state index contributed by atoms with van der Waals surface area (Å²) < 4.78 is 24.2. The van der Waals surface area contributed by atoms with Crippen molar-refractivity contribution in [1.29, 1.82) is 0 Å². The van der Waals surface area contributed by atoms with E-state index in [1.165, 1.54) is 24.3 Å². The topological polar surface area (TPSA) is 71.0 Å². The first-order chi connectivity index (χ1) is 13.5. The number of nitrogens with zero attached hydrogens (tertiary/aromatic N) is 1. The molecule has 1 fully saturated rings. The highest BCUT2D eigenvalue weighted by Crippen LogP contribution is 2.26. The number of amides is 1. The number of aromatic hydroxyl groups is 1. The molecule has 6 nitrogen and oxygen atoms in total. The summed E-state index contributed by atoms with van der Waals surface area (Å²) in [4.78, 5) is 14.6. The highest BCUT2D eigenvalue weighted by molar-refractivity contribution is 6.31. The number of hydrogen-bond acceptors (Lipinski definition) is 5. The molecule has 150 valence electrons. The lowest BCUT2D eigenvalue weighted by atomic mass is 10.1. The molecule has 1 aliphatic heterocycles. The maximum atomic E-state index is 13.2. The largest absolute Gasteiger partial charge is 0.507 e. The van der Waals surface area contributed by atoms with E-state index in [0.717, 1.165) is 45.3 Å². The Hall–Kier alpha value is -2.35. The van der Waals surface area contributed by atoms with Gasteiger partial charge in [0.1, 0.15) is 17.3 Å². The van der Waals surface area contributed by atoms with E-state index in [1.807, 2.05) is 0 Å². The van der Waals surface area contributed by atoms with Crippen LogP contribution in [0.15, 0.2) is 36.4 Å². The minimum atomic E-state index is -0.572. The Labute approximate surface area is 167 Å². The maximum Gasteiger partial charge on any atom is 0.259 e. The zero-order chi connectivity index (χ0) is 19.9. The lowest BCUT2D eigenvalue weighted by Gasteiger charge is -2.26. The first-order valence-electron chi connectivity index (χ1n) is 9.05. The van der Waals surface area contributed by atoms with Crippen molar-refractivity contribution in [2.45, 2.75) is 6.42 Å². The van der Waals surface area contributed by atoms with Gasteiger partial charge < -0.3 is 19.9 Å². The van der Waals surface area contributed by atoms with Crippen molar-refractivity contribution in [1.82, 2.24) is 4.90 Å². The summed E-state index contributed by atoms with van der Waals surface area (Å²) >= 11 is 5.70. The zero-order valence-corrected chi connectivity index (χ0v) is 16.0. The normalized spacial score (nSPS) is 14.6. The fourth-order valence-corrected chi connectivity index (χ4v) is 3.05. The third-order valence-electron chi connectivity index (χ3n) is 4.38. The van der Waals surface area contributed by atoms with Crippen molar-refractivity contribution >= 4 is 23.2 Å². The van der Waals surface area contributed by atoms with Gasteiger partial charge >= 0.3 is 0 Å². The van der Waals surface area contributed by atoms with E-state index in [0.29, 0.717) is 18.0 Å². The Kier molecular flexibility index (Phi) is 7.08. The predicted octanol–water partition coefficient (Wildman–Crippen LogP) is 3.54. The van der Waals surface area contributed by atoms with Crippen LogP contribution >= 0.6 is 11.6 Å².